The van der Waals surface area contributed by atoms with Gasteiger partial charge in [-0.05, 0) is 198 Å². The fourth-order valence-corrected chi connectivity index (χ4v) is 22.8. The monoisotopic (exact) mass is 1380 g/mol. The van der Waals surface area contributed by atoms with Gasteiger partial charge in [-0.25, -0.2) is 0 Å². The Balaban J connectivity index is 0.856. The zero-order valence-corrected chi connectivity index (χ0v) is 59.2. The third-order valence-electron chi connectivity index (χ3n) is 26.6. The number of hydrogen-bond donors (Lipinski definition) is 0. The van der Waals surface area contributed by atoms with Crippen molar-refractivity contribution in [1.82, 2.24) is 4.57 Å². The van der Waals surface area contributed by atoms with Crippen LogP contribution < -0.4 is 26.2 Å². The van der Waals surface area contributed by atoms with Crippen molar-refractivity contribution in [2.24, 2.45) is 0 Å². The summed E-state index contributed by atoms with van der Waals surface area (Å²) < 4.78 is 2.58. The van der Waals surface area contributed by atoms with Gasteiger partial charge in [0.15, 0.2) is 0 Å². The van der Waals surface area contributed by atoms with Crippen molar-refractivity contribution in [1.29, 1.82) is 0 Å². The Morgan fingerprint density at radius 1 is 0.211 bits per heavy atom. The van der Waals surface area contributed by atoms with E-state index in [4.69, 9.17) is 0 Å². The molecule has 6 aliphatic carbocycles. The molecule has 18 aromatic rings. The lowest BCUT2D eigenvalue weighted by atomic mass is 9.32. The first kappa shape index (κ1) is 58.5. The lowest BCUT2D eigenvalue weighted by Gasteiger charge is -2.48. The summed E-state index contributed by atoms with van der Waals surface area (Å²) in [6.45, 7) is -0.292. The zero-order valence-electron chi connectivity index (χ0n) is 59.2. The van der Waals surface area contributed by atoms with E-state index >= 15 is 0 Å². The van der Waals surface area contributed by atoms with Crippen molar-refractivity contribution >= 4 is 79.0 Å². The van der Waals surface area contributed by atoms with Gasteiger partial charge in [0, 0.05) is 56.0 Å². The number of benzene rings is 17. The Morgan fingerprint density at radius 3 is 0.936 bits per heavy atom. The SMILES string of the molecule is c1ccc(-c2ccc(N3c4cc(-n5c6ccccc6c6ccccc65)cc5c4B(c4ccc6c(c43)C3(c4ccccc4-c4ccccc43)c3ccccc3-6)c3ccc4c(c3N5c3ccc5c(c3)-c3ccccc3C53c5ccccc5-c5ccccc53)C3(c5ccccc5-c5ccccc53)c3ccccc3-4)cc2)cc1. The number of rotatable bonds is 4. The minimum absolute atomic E-state index is 0.292. The Kier molecular flexibility index (Phi) is 11.2. The van der Waals surface area contributed by atoms with Gasteiger partial charge in [-0.3, -0.25) is 0 Å². The largest absolute Gasteiger partial charge is 0.311 e. The molecule has 0 bridgehead atoms. The van der Waals surface area contributed by atoms with Crippen LogP contribution in [0.5, 0.6) is 0 Å². The summed E-state index contributed by atoms with van der Waals surface area (Å²) in [6, 6.07) is 146. The lowest BCUT2D eigenvalue weighted by molar-refractivity contribution is 0.792. The molecule has 109 heavy (non-hydrogen) atoms. The van der Waals surface area contributed by atoms with E-state index < -0.39 is 16.2 Å². The summed E-state index contributed by atoms with van der Waals surface area (Å²) in [7, 11) is 0. The fraction of sp³-hybridized carbons (Fsp3) is 0.0286. The Hall–Kier alpha value is -13.8. The van der Waals surface area contributed by atoms with Gasteiger partial charge in [-0.2, -0.15) is 0 Å². The van der Waals surface area contributed by atoms with Crippen molar-refractivity contribution in [3.05, 3.63) is 443 Å². The molecule has 0 unspecified atom stereocenters. The molecule has 4 heteroatoms. The van der Waals surface area contributed by atoms with E-state index in [1.807, 2.05) is 0 Å². The van der Waals surface area contributed by atoms with Crippen LogP contribution in [0, 0.1) is 0 Å². The summed E-state index contributed by atoms with van der Waals surface area (Å²) in [5.74, 6) is 0. The van der Waals surface area contributed by atoms with E-state index in [1.165, 1.54) is 183 Å². The number of nitrogens with zero attached hydrogens (tertiary/aromatic N) is 3. The highest BCUT2D eigenvalue weighted by Crippen LogP contribution is 2.70. The molecule has 0 radical (unpaired) electrons. The summed E-state index contributed by atoms with van der Waals surface area (Å²) in [6.07, 6.45) is 0. The number of anilines is 6. The van der Waals surface area contributed by atoms with Gasteiger partial charge in [0.25, 0.3) is 6.71 Å². The second-order valence-corrected chi connectivity index (χ2v) is 31.0. The molecule has 1 aromatic heterocycles. The highest BCUT2D eigenvalue weighted by Gasteiger charge is 2.60. The lowest BCUT2D eigenvalue weighted by Crippen LogP contribution is -2.62. The standard InChI is InChI=1S/C105H62BN3/c1-2-26-63(27-3-1)64-50-52-65(53-51-64)108-96-61-67(107-94-48-24-13-37-77(94)78-38-14-25-49-95(78)107)62-97-100(96)106(92-58-55-79-74-34-10-22-46-89(74)104(98(79)101(92)108)85-42-18-6-30-70(85)71-31-7-19-43-86(71)104)93-59-56-80-75-35-11-23-47-90(75)105(87-44-20-8-32-72(87)73-33-9-21-45-88(73)105)99(80)102(93)109(97)66-54-57-91-81(60-66)76-36-12-17-41-84(76)103(91)82-39-15-4-28-68(82)69-29-5-16-40-83(69)103/h1-62H. The molecule has 0 saturated carbocycles. The highest BCUT2D eigenvalue weighted by molar-refractivity contribution is 7.00. The van der Waals surface area contributed by atoms with Crippen LogP contribution in [0.2, 0.25) is 0 Å². The molecule has 0 atom stereocenters. The van der Waals surface area contributed by atoms with E-state index in [1.54, 1.807) is 0 Å². The van der Waals surface area contributed by atoms with Crippen LogP contribution in [-0.4, -0.2) is 11.3 Å². The maximum Gasteiger partial charge on any atom is 0.252 e. The first-order chi connectivity index (χ1) is 54.1. The van der Waals surface area contributed by atoms with Crippen LogP contribution in [0.1, 0.15) is 66.8 Å². The van der Waals surface area contributed by atoms with Gasteiger partial charge in [0.1, 0.15) is 0 Å². The summed E-state index contributed by atoms with van der Waals surface area (Å²) in [5.41, 5.74) is 45.7. The Bertz CT molecular complexity index is 6930. The average Bonchev–Trinajstić information content (AvgIpc) is 1.51. The van der Waals surface area contributed by atoms with Crippen LogP contribution >= 0.6 is 0 Å². The summed E-state index contributed by atoms with van der Waals surface area (Å²) in [4.78, 5) is 5.56. The van der Waals surface area contributed by atoms with Crippen molar-refractivity contribution in [3.63, 3.8) is 0 Å². The topological polar surface area (TPSA) is 11.4 Å². The maximum absolute atomic E-state index is 2.80. The molecule has 8 aliphatic rings. The normalized spacial score (nSPS) is 15.0. The van der Waals surface area contributed by atoms with E-state index in [9.17, 15) is 0 Å². The van der Waals surface area contributed by atoms with E-state index in [0.717, 1.165) is 39.5 Å². The smallest absolute Gasteiger partial charge is 0.252 e. The summed E-state index contributed by atoms with van der Waals surface area (Å²) in [5, 5.41) is 2.44. The average molecular weight is 1380 g/mol. The molecule has 3 spiro atoms. The van der Waals surface area contributed by atoms with Crippen molar-refractivity contribution in [2.45, 2.75) is 16.2 Å². The predicted octanol–water partition coefficient (Wildman–Crippen LogP) is 23.6. The Labute approximate surface area is 631 Å². The quantitative estimate of drug-likeness (QED) is 0.163. The third kappa shape index (κ3) is 6.92. The first-order valence-corrected chi connectivity index (χ1v) is 38.4. The molecular formula is C105H62BN3. The first-order valence-electron chi connectivity index (χ1n) is 38.4. The molecule has 3 nitrogen and oxygen atoms in total. The van der Waals surface area contributed by atoms with E-state index in [-0.39, 0.29) is 6.71 Å². The highest BCUT2D eigenvalue weighted by atomic mass is 15.2. The molecule has 500 valence electrons. The second kappa shape index (κ2) is 20.8. The number of hydrogen-bond acceptors (Lipinski definition) is 2. The minimum Gasteiger partial charge on any atom is -0.311 e. The number of para-hydroxylation sites is 2. The minimum atomic E-state index is -0.733. The van der Waals surface area contributed by atoms with Crippen LogP contribution in [0.25, 0.3) is 105 Å². The predicted molar refractivity (Wildman–Crippen MR) is 449 cm³/mol. The number of fused-ring (bicyclic) bond motifs is 39. The van der Waals surface area contributed by atoms with Gasteiger partial charge < -0.3 is 14.4 Å². The van der Waals surface area contributed by atoms with E-state index in [0.29, 0.717) is 0 Å². The molecule has 17 aromatic carbocycles. The van der Waals surface area contributed by atoms with Crippen molar-refractivity contribution in [2.75, 3.05) is 9.80 Å². The number of aromatic nitrogens is 1. The van der Waals surface area contributed by atoms with Crippen LogP contribution in [0.4, 0.5) is 34.1 Å². The second-order valence-electron chi connectivity index (χ2n) is 31.0. The van der Waals surface area contributed by atoms with Gasteiger partial charge >= 0.3 is 0 Å². The molecule has 0 amide bonds. The molecule has 26 rings (SSSR count). The molecule has 2 aliphatic heterocycles. The fourth-order valence-electron chi connectivity index (χ4n) is 22.8. The van der Waals surface area contributed by atoms with Gasteiger partial charge in [-0.1, -0.05) is 328 Å². The molecule has 3 heterocycles. The van der Waals surface area contributed by atoms with Crippen molar-refractivity contribution < 1.29 is 0 Å². The molecular weight excluding hydrogens is 1310 g/mol. The van der Waals surface area contributed by atoms with Crippen LogP contribution in [-0.2, 0) is 16.2 Å². The molecule has 0 fully saturated rings. The zero-order chi connectivity index (χ0) is 70.7. The summed E-state index contributed by atoms with van der Waals surface area (Å²) >= 11 is 0. The molecule has 0 N–H and O–H groups in total. The third-order valence-corrected chi connectivity index (χ3v) is 26.6. The van der Waals surface area contributed by atoms with Gasteiger partial charge in [-0.15, -0.1) is 0 Å². The van der Waals surface area contributed by atoms with Crippen molar-refractivity contribution in [3.8, 4) is 83.6 Å². The Morgan fingerprint density at radius 2 is 0.523 bits per heavy atom. The maximum atomic E-state index is 2.80. The van der Waals surface area contributed by atoms with E-state index in [2.05, 4.69) is 390 Å². The van der Waals surface area contributed by atoms with Gasteiger partial charge in [0.05, 0.1) is 33.0 Å². The van der Waals surface area contributed by atoms with Crippen LogP contribution in [0.15, 0.2) is 376 Å². The van der Waals surface area contributed by atoms with Gasteiger partial charge in [0.2, 0.25) is 0 Å². The van der Waals surface area contributed by atoms with Crippen LogP contribution in [0.3, 0.4) is 0 Å². The molecule has 0 saturated heterocycles.